The van der Waals surface area contributed by atoms with E-state index in [9.17, 15) is 0 Å². The Morgan fingerprint density at radius 1 is 1.00 bits per heavy atom. The first-order chi connectivity index (χ1) is 0. The average Bonchev–Trinajstić information content (AvgIpc) is 0. The third kappa shape index (κ3) is 9.06. The molecule has 0 aliphatic heterocycles. The maximum absolute atomic E-state index is 0. The van der Waals surface area contributed by atoms with Gasteiger partial charge >= 0.3 is 0 Å². The van der Waals surface area contributed by atoms with Crippen LogP contribution in [0.5, 0.6) is 0 Å². The van der Waals surface area contributed by atoms with E-state index in [0.29, 0.717) is 0 Å². The van der Waals surface area contributed by atoms with Crippen molar-refractivity contribution < 1.29 is 55.0 Å². The van der Waals surface area contributed by atoms with Gasteiger partial charge < -0.3 is 0 Å². The molecule has 0 rings (SSSR count). The molecule has 0 bridgehead atoms. The average molecular weight is 194 g/mol. The topological polar surface area (TPSA) is 0 Å². The van der Waals surface area contributed by atoms with E-state index in [1.165, 1.54) is 0 Å². The van der Waals surface area contributed by atoms with Gasteiger partial charge in [-0.1, -0.05) is 0 Å². The van der Waals surface area contributed by atoms with Crippen molar-refractivity contribution in [3.05, 3.63) is 0 Å². The fourth-order valence-electron chi connectivity index (χ4n) is 0. The normalized spacial score (nSPS) is 0. The second-order valence-corrected chi connectivity index (χ2v) is 0. The van der Waals surface area contributed by atoms with Crippen molar-refractivity contribution in [3.8, 4) is 0 Å². The van der Waals surface area contributed by atoms with Gasteiger partial charge in [0.1, 0.15) is 0 Å². The molecule has 0 saturated carbocycles. The summed E-state index contributed by atoms with van der Waals surface area (Å²) in [6.45, 7) is 0. The first-order valence-corrected chi connectivity index (χ1v) is 0. The summed E-state index contributed by atoms with van der Waals surface area (Å²) in [5.41, 5.74) is 0. The van der Waals surface area contributed by atoms with Crippen LogP contribution in [-0.4, -0.2) is 11.0 Å². The summed E-state index contributed by atoms with van der Waals surface area (Å²) in [6.07, 6.45) is 0. The summed E-state index contributed by atoms with van der Waals surface area (Å²) in [5, 5.41) is 0. The molecule has 0 aliphatic carbocycles. The van der Waals surface area contributed by atoms with Crippen LogP contribution < -0.4 is 0 Å². The van der Waals surface area contributed by atoms with Crippen molar-refractivity contribution in [2.24, 2.45) is 0 Å². The zero-order valence-corrected chi connectivity index (χ0v) is 6.24. The van der Waals surface area contributed by atoms with Gasteiger partial charge in [0.15, 0.2) is 0 Å². The standard InChI is InChI=1S/Co.Ni.Si.Ti. The zero-order chi connectivity index (χ0) is 0. The van der Waals surface area contributed by atoms with Crippen LogP contribution in [0.15, 0.2) is 0 Å². The molecule has 0 aromatic rings. The molecule has 0 amide bonds. The molecule has 0 aliphatic rings. The molecule has 0 nitrogen and oxygen atoms in total. The van der Waals surface area contributed by atoms with Gasteiger partial charge in [-0.3, -0.25) is 0 Å². The van der Waals surface area contributed by atoms with Crippen LogP contribution in [0.1, 0.15) is 0 Å². The maximum Gasteiger partial charge on any atom is 0 e. The van der Waals surface area contributed by atoms with Gasteiger partial charge in [0.05, 0.1) is 0 Å². The summed E-state index contributed by atoms with van der Waals surface area (Å²) >= 11 is 0. The van der Waals surface area contributed by atoms with Crippen molar-refractivity contribution >= 4 is 11.0 Å². The van der Waals surface area contributed by atoms with Gasteiger partial charge in [0.25, 0.3) is 0 Å². The minimum absolute atomic E-state index is 0. The third-order valence-electron chi connectivity index (χ3n) is 0. The summed E-state index contributed by atoms with van der Waals surface area (Å²) < 4.78 is 0. The van der Waals surface area contributed by atoms with Gasteiger partial charge in [0.2, 0.25) is 0 Å². The number of rotatable bonds is 0. The van der Waals surface area contributed by atoms with E-state index in [1.54, 1.807) is 0 Å². The smallest absolute Gasteiger partial charge is 0 e. The number of hydrogen-bond acceptors (Lipinski definition) is 0. The molecule has 0 aromatic carbocycles. The summed E-state index contributed by atoms with van der Waals surface area (Å²) in [7, 11) is 0. The predicted octanol–water partition coefficient (Wildman–Crippen LogP) is -0.388. The predicted molar refractivity (Wildman–Crippen MR) is 5.75 cm³/mol. The monoisotopic (exact) mass is 193 g/mol. The van der Waals surface area contributed by atoms with Gasteiger partial charge in [-0.2, -0.15) is 0 Å². The summed E-state index contributed by atoms with van der Waals surface area (Å²) in [6, 6.07) is 0. The largest absolute Gasteiger partial charge is 0 e. The Hall–Kier alpha value is 1.93. The van der Waals surface area contributed by atoms with Gasteiger partial charge in [-0.05, 0) is 0 Å². The van der Waals surface area contributed by atoms with E-state index in [1.807, 2.05) is 0 Å². The second-order valence-electron chi connectivity index (χ2n) is 0. The van der Waals surface area contributed by atoms with Crippen LogP contribution in [0.2, 0.25) is 0 Å². The van der Waals surface area contributed by atoms with E-state index < -0.39 is 0 Å². The van der Waals surface area contributed by atoms with Crippen molar-refractivity contribution in [3.63, 3.8) is 0 Å². The van der Waals surface area contributed by atoms with Crippen LogP contribution in [0.4, 0.5) is 0 Å². The molecule has 0 atom stereocenters. The van der Waals surface area contributed by atoms with Crippen molar-refractivity contribution in [2.75, 3.05) is 0 Å². The number of hydrogen-bond donors (Lipinski definition) is 0. The Kier molecular flexibility index (Phi) is 198. The third-order valence-corrected chi connectivity index (χ3v) is 0. The van der Waals surface area contributed by atoms with E-state index in [4.69, 9.17) is 0 Å². The fraction of sp³-hybridized carbons (Fsp3) is 0. The molecule has 0 unspecified atom stereocenters. The Balaban J connectivity index is 0. The molecule has 0 N–H and O–H groups in total. The zero-order valence-electron chi connectivity index (χ0n) is 1.65. The van der Waals surface area contributed by atoms with Gasteiger partial charge in [-0.15, -0.1) is 0 Å². The van der Waals surface area contributed by atoms with Crippen molar-refractivity contribution in [2.45, 2.75) is 0 Å². The quantitative estimate of drug-likeness (QED) is 0.460. The van der Waals surface area contributed by atoms with E-state index in [-0.39, 0.29) is 66.0 Å². The Morgan fingerprint density at radius 2 is 1.00 bits per heavy atom. The molecule has 4 heavy (non-hydrogen) atoms. The minimum atomic E-state index is 0. The summed E-state index contributed by atoms with van der Waals surface area (Å²) in [4.78, 5) is 0. The van der Waals surface area contributed by atoms with Crippen LogP contribution in [-0.2, 0) is 55.0 Å². The van der Waals surface area contributed by atoms with Crippen LogP contribution in [0.25, 0.3) is 0 Å². The second kappa shape index (κ2) is 20.4. The SMILES string of the molecule is [Co].[Ni].[Si].[Ti]. The van der Waals surface area contributed by atoms with E-state index in [2.05, 4.69) is 0 Å². The van der Waals surface area contributed by atoms with Gasteiger partial charge in [-0.25, -0.2) is 0 Å². The fourth-order valence-corrected chi connectivity index (χ4v) is 0. The molecule has 0 saturated heterocycles. The van der Waals surface area contributed by atoms with Gasteiger partial charge in [0, 0.05) is 66.0 Å². The Morgan fingerprint density at radius 3 is 1.00 bits per heavy atom. The van der Waals surface area contributed by atoms with E-state index >= 15 is 0 Å². The Bertz CT molecular complexity index is 8.00. The maximum atomic E-state index is 0. The summed E-state index contributed by atoms with van der Waals surface area (Å²) in [5.74, 6) is 0. The molecule has 0 spiro atoms. The van der Waals surface area contributed by atoms with E-state index in [0.717, 1.165) is 0 Å². The Labute approximate surface area is 65.5 Å². The first kappa shape index (κ1) is 38.7. The molecule has 4 heteroatoms. The first-order valence-electron chi connectivity index (χ1n) is 0. The molecule has 5 radical (unpaired) electrons. The van der Waals surface area contributed by atoms with Crippen LogP contribution in [0, 0.1) is 0 Å². The van der Waals surface area contributed by atoms with Crippen LogP contribution >= 0.6 is 0 Å². The molecule has 0 aromatic heterocycles. The molecule has 0 fully saturated rings. The molecular weight excluding hydrogens is 194 g/mol. The molecule has 0 heterocycles. The molecule has 27 valence electrons. The van der Waals surface area contributed by atoms with Crippen molar-refractivity contribution in [1.29, 1.82) is 0 Å². The van der Waals surface area contributed by atoms with Crippen molar-refractivity contribution in [1.82, 2.24) is 0 Å². The molecular formula is CoNiSiTi. The van der Waals surface area contributed by atoms with Crippen LogP contribution in [0.3, 0.4) is 0 Å². The minimum Gasteiger partial charge on any atom is 0 e.